The molecule has 0 spiro atoms. The van der Waals surface area contributed by atoms with Crippen LogP contribution in [0.5, 0.6) is 0 Å². The molecule has 2 radical (unpaired) electrons. The van der Waals surface area contributed by atoms with Gasteiger partial charge in [-0.1, -0.05) is 12.1 Å². The molecule has 0 unspecified atom stereocenters. The van der Waals surface area contributed by atoms with Crippen molar-refractivity contribution in [3.8, 4) is 11.4 Å². The molecular formula is C24H32N6O4-2. The molecule has 0 amide bonds. The van der Waals surface area contributed by atoms with Crippen LogP contribution in [0.4, 0.5) is 0 Å². The van der Waals surface area contributed by atoms with Crippen LogP contribution in [0.1, 0.15) is 79.1 Å². The van der Waals surface area contributed by atoms with E-state index in [1.807, 2.05) is 0 Å². The highest BCUT2D eigenvalue weighted by Gasteiger charge is 2.56. The third-order valence-corrected chi connectivity index (χ3v) is 8.42. The number of hydrogen-bond donors (Lipinski definition) is 0. The fourth-order valence-corrected chi connectivity index (χ4v) is 4.45. The van der Waals surface area contributed by atoms with Gasteiger partial charge in [-0.15, -0.1) is 20.5 Å². The van der Waals surface area contributed by atoms with E-state index in [9.17, 15) is 20.8 Å². The molecular weight excluding hydrogens is 436 g/mol. The summed E-state index contributed by atoms with van der Waals surface area (Å²) in [6, 6.07) is 10.2. The van der Waals surface area contributed by atoms with Crippen molar-refractivity contribution >= 4 is 0 Å². The van der Waals surface area contributed by atoms with Crippen LogP contribution >= 0.6 is 0 Å². The first-order valence-electron chi connectivity index (χ1n) is 11.4. The van der Waals surface area contributed by atoms with Gasteiger partial charge >= 0.3 is 0 Å². The summed E-state index contributed by atoms with van der Waals surface area (Å²) in [6.07, 6.45) is -2.20. The van der Waals surface area contributed by atoms with Crippen molar-refractivity contribution in [2.75, 3.05) is 0 Å². The smallest absolute Gasteiger partial charge is 0.123 e. The van der Waals surface area contributed by atoms with Gasteiger partial charge in [0.05, 0.1) is 33.9 Å². The summed E-state index contributed by atoms with van der Waals surface area (Å²) < 4.78 is 0. The molecule has 2 aromatic heterocycles. The van der Waals surface area contributed by atoms with Crippen LogP contribution in [0, 0.1) is 10.4 Å². The van der Waals surface area contributed by atoms with E-state index >= 15 is 0 Å². The van der Waals surface area contributed by atoms with E-state index in [2.05, 4.69) is 9.97 Å². The summed E-state index contributed by atoms with van der Waals surface area (Å²) >= 11 is 0. The molecule has 0 aliphatic carbocycles. The van der Waals surface area contributed by atoms with Gasteiger partial charge in [0.1, 0.15) is 12.3 Å². The highest BCUT2D eigenvalue weighted by Crippen LogP contribution is 2.49. The number of hydrogen-bond acceptors (Lipinski definition) is 8. The normalized spacial score (nSPS) is 29.1. The van der Waals surface area contributed by atoms with Gasteiger partial charge in [0.2, 0.25) is 0 Å². The maximum Gasteiger partial charge on any atom is 0.123 e. The molecule has 2 aliphatic heterocycles. The standard InChI is InChI=1S/C24H32N6O4/c1-21(2)22(3,4)28(32)19(27(21)31)17-13-9-11-15(25-17)16-12-10-14-18(26-16)20-29(33)23(5,6)24(7,8)30(20)34/h9-14,19-20H,1-8H3/q-2. The number of nitrogens with zero attached hydrogens (tertiary/aromatic N) is 6. The van der Waals surface area contributed by atoms with E-state index in [4.69, 9.17) is 0 Å². The van der Waals surface area contributed by atoms with Crippen LogP contribution in [-0.4, -0.2) is 52.4 Å². The van der Waals surface area contributed by atoms with Crippen molar-refractivity contribution in [2.45, 2.75) is 89.9 Å². The lowest BCUT2D eigenvalue weighted by molar-refractivity contribution is -0.233. The summed E-state index contributed by atoms with van der Waals surface area (Å²) in [6.45, 7) is 14.0. The van der Waals surface area contributed by atoms with Crippen molar-refractivity contribution in [3.05, 3.63) is 58.2 Å². The van der Waals surface area contributed by atoms with Crippen LogP contribution < -0.4 is 0 Å². The lowest BCUT2D eigenvalue weighted by Crippen LogP contribution is -2.51. The second-order valence-corrected chi connectivity index (χ2v) is 11.2. The van der Waals surface area contributed by atoms with E-state index in [0.717, 1.165) is 20.3 Å². The summed E-state index contributed by atoms with van der Waals surface area (Å²) in [7, 11) is 0. The number of aromatic nitrogens is 2. The van der Waals surface area contributed by atoms with Gasteiger partial charge in [-0.3, -0.25) is 0 Å². The van der Waals surface area contributed by atoms with E-state index in [-0.39, 0.29) is 0 Å². The van der Waals surface area contributed by atoms with E-state index in [1.165, 1.54) is 0 Å². The fourth-order valence-electron chi connectivity index (χ4n) is 4.45. The largest absolute Gasteiger partial charge is 0.783 e. The van der Waals surface area contributed by atoms with Gasteiger partial charge < -0.3 is 20.5 Å². The molecule has 2 fully saturated rings. The highest BCUT2D eigenvalue weighted by atomic mass is 16.6. The number of hydroxylamine groups is 8. The van der Waals surface area contributed by atoms with Crippen molar-refractivity contribution < 1.29 is 10.4 Å². The molecule has 184 valence electrons. The summed E-state index contributed by atoms with van der Waals surface area (Å²) in [5.74, 6) is 0. The minimum atomic E-state index is -1.10. The molecule has 2 saturated heterocycles. The average Bonchev–Trinajstić information content (AvgIpc) is 2.97. The molecule has 4 heterocycles. The Kier molecular flexibility index (Phi) is 5.71. The van der Waals surface area contributed by atoms with E-state index in [1.54, 1.807) is 91.8 Å². The number of pyridine rings is 2. The van der Waals surface area contributed by atoms with Crippen LogP contribution in [0.3, 0.4) is 0 Å². The van der Waals surface area contributed by atoms with E-state index in [0.29, 0.717) is 22.8 Å². The zero-order chi connectivity index (χ0) is 25.4. The Morgan fingerprint density at radius 3 is 1.21 bits per heavy atom. The Morgan fingerprint density at radius 1 is 0.618 bits per heavy atom. The van der Waals surface area contributed by atoms with Crippen LogP contribution in [0.25, 0.3) is 11.4 Å². The first-order valence-corrected chi connectivity index (χ1v) is 11.4. The minimum Gasteiger partial charge on any atom is -0.783 e. The first kappa shape index (κ1) is 25.1. The van der Waals surface area contributed by atoms with Crippen molar-refractivity contribution in [2.24, 2.45) is 0 Å². The third-order valence-electron chi connectivity index (χ3n) is 8.42. The highest BCUT2D eigenvalue weighted by molar-refractivity contribution is 5.54. The predicted octanol–water partition coefficient (Wildman–Crippen LogP) is 4.18. The lowest BCUT2D eigenvalue weighted by Gasteiger charge is -2.44. The molecule has 34 heavy (non-hydrogen) atoms. The summed E-state index contributed by atoms with van der Waals surface area (Å²) in [5, 5.41) is 55.4. The van der Waals surface area contributed by atoms with Crippen LogP contribution in [0.15, 0.2) is 36.4 Å². The van der Waals surface area contributed by atoms with Gasteiger partial charge in [0.15, 0.2) is 0 Å². The quantitative estimate of drug-likeness (QED) is 0.657. The molecule has 0 N–H and O–H groups in total. The SMILES string of the molecule is CC1(C)N([O])C(c2cccc(-c3cccc(C4N([O])C(C)(C)C(C)(C)N4[O-])n3)n2)N([O-])C1(C)C. The Bertz CT molecular complexity index is 963. The Hall–Kier alpha value is -2.02. The molecule has 0 bridgehead atoms. The molecule has 0 atom stereocenters. The predicted molar refractivity (Wildman–Crippen MR) is 125 cm³/mol. The minimum absolute atomic E-state index is 0.312. The molecule has 4 rings (SSSR count). The van der Waals surface area contributed by atoms with Crippen LogP contribution in [-0.2, 0) is 10.4 Å². The first-order chi connectivity index (χ1) is 15.6. The zero-order valence-electron chi connectivity index (χ0n) is 20.9. The summed E-state index contributed by atoms with van der Waals surface area (Å²) in [4.78, 5) is 9.18. The molecule has 2 aliphatic rings. The van der Waals surface area contributed by atoms with Crippen molar-refractivity contribution in [1.82, 2.24) is 30.2 Å². The molecule has 10 heteroatoms. The van der Waals surface area contributed by atoms with Gasteiger partial charge in [0.25, 0.3) is 0 Å². The second kappa shape index (κ2) is 7.74. The zero-order valence-corrected chi connectivity index (χ0v) is 20.9. The van der Waals surface area contributed by atoms with Gasteiger partial charge in [0, 0.05) is 11.1 Å². The monoisotopic (exact) mass is 468 g/mol. The lowest BCUT2D eigenvalue weighted by atomic mass is 9.84. The summed E-state index contributed by atoms with van der Waals surface area (Å²) in [5.41, 5.74) is -2.19. The maximum atomic E-state index is 13.1. The molecule has 0 aromatic carbocycles. The molecule has 0 saturated carbocycles. The van der Waals surface area contributed by atoms with Gasteiger partial charge in [-0.05, 0) is 79.7 Å². The van der Waals surface area contributed by atoms with Gasteiger partial charge in [-0.25, -0.2) is 9.97 Å². The Morgan fingerprint density at radius 2 is 0.941 bits per heavy atom. The van der Waals surface area contributed by atoms with Crippen molar-refractivity contribution in [1.29, 1.82) is 0 Å². The van der Waals surface area contributed by atoms with Crippen LogP contribution in [0.2, 0.25) is 0 Å². The Balaban J connectivity index is 1.71. The Labute approximate surface area is 200 Å². The fraction of sp³-hybridized carbons (Fsp3) is 0.583. The second-order valence-electron chi connectivity index (χ2n) is 11.2. The van der Waals surface area contributed by atoms with Gasteiger partial charge in [-0.2, -0.15) is 0 Å². The molecule has 2 aromatic rings. The van der Waals surface area contributed by atoms with Crippen molar-refractivity contribution in [3.63, 3.8) is 0 Å². The van der Waals surface area contributed by atoms with E-state index < -0.39 is 34.5 Å². The topological polar surface area (TPSA) is 125 Å². The molecule has 10 nitrogen and oxygen atoms in total. The number of rotatable bonds is 3. The maximum absolute atomic E-state index is 13.1. The average molecular weight is 469 g/mol. The third kappa shape index (κ3) is 3.25.